The number of benzene rings is 1. The third kappa shape index (κ3) is 3.70. The molecule has 1 aromatic carbocycles. The molecule has 1 aliphatic heterocycles. The van der Waals surface area contributed by atoms with E-state index in [0.29, 0.717) is 17.5 Å². The molecule has 1 aliphatic rings. The average Bonchev–Trinajstić information content (AvgIpc) is 3.11. The number of halogens is 1. The summed E-state index contributed by atoms with van der Waals surface area (Å²) in [6, 6.07) is 7.19. The van der Waals surface area contributed by atoms with Crippen molar-refractivity contribution in [3.05, 3.63) is 41.2 Å². The summed E-state index contributed by atoms with van der Waals surface area (Å²) in [5.74, 6) is 0.647. The van der Waals surface area contributed by atoms with Gasteiger partial charge in [0.1, 0.15) is 0 Å². The Morgan fingerprint density at radius 1 is 1.35 bits per heavy atom. The molecule has 2 aromatic rings. The van der Waals surface area contributed by atoms with Crippen molar-refractivity contribution in [2.75, 3.05) is 31.3 Å². The summed E-state index contributed by atoms with van der Waals surface area (Å²) in [5.41, 5.74) is 2.44. The molecular weight excluding hydrogens is 372 g/mol. The lowest BCUT2D eigenvalue weighted by Crippen LogP contribution is -2.32. The van der Waals surface area contributed by atoms with Gasteiger partial charge >= 0.3 is 0 Å². The molecule has 140 valence electrons. The first kappa shape index (κ1) is 19.1. The zero-order valence-electron chi connectivity index (χ0n) is 15.2. The predicted molar refractivity (Wildman–Crippen MR) is 105 cm³/mol. The van der Waals surface area contributed by atoms with Crippen LogP contribution in [-0.2, 0) is 10.0 Å². The second-order valence-electron chi connectivity index (χ2n) is 6.54. The van der Waals surface area contributed by atoms with Crippen LogP contribution in [0.5, 0.6) is 0 Å². The maximum Gasteiger partial charge on any atom is 0.225 e. The first-order valence-corrected chi connectivity index (χ1v) is 10.6. The van der Waals surface area contributed by atoms with E-state index >= 15 is 0 Å². The molecule has 0 saturated carbocycles. The molecule has 0 unspecified atom stereocenters. The molecule has 1 fully saturated rings. The molecule has 1 aromatic heterocycles. The molecule has 1 atom stereocenters. The molecule has 0 aliphatic carbocycles. The molecule has 1 saturated heterocycles. The minimum Gasteiger partial charge on any atom is -0.347 e. The second kappa shape index (κ2) is 7.50. The Morgan fingerprint density at radius 3 is 2.77 bits per heavy atom. The Morgan fingerprint density at radius 2 is 2.12 bits per heavy atom. The van der Waals surface area contributed by atoms with E-state index in [9.17, 15) is 8.42 Å². The number of aromatic nitrogens is 2. The van der Waals surface area contributed by atoms with Crippen molar-refractivity contribution < 1.29 is 8.42 Å². The molecule has 26 heavy (non-hydrogen) atoms. The van der Waals surface area contributed by atoms with Crippen molar-refractivity contribution in [1.29, 1.82) is 0 Å². The molecule has 6 nitrogen and oxygen atoms in total. The van der Waals surface area contributed by atoms with Crippen molar-refractivity contribution >= 4 is 27.6 Å². The average molecular weight is 395 g/mol. The largest absolute Gasteiger partial charge is 0.347 e. The van der Waals surface area contributed by atoms with Crippen LogP contribution in [0.1, 0.15) is 31.5 Å². The van der Waals surface area contributed by atoms with E-state index in [1.165, 1.54) is 0 Å². The van der Waals surface area contributed by atoms with Gasteiger partial charge in [0, 0.05) is 37.4 Å². The number of rotatable bonds is 5. The van der Waals surface area contributed by atoms with E-state index in [4.69, 9.17) is 16.6 Å². The van der Waals surface area contributed by atoms with Crippen LogP contribution in [0.15, 0.2) is 30.5 Å². The van der Waals surface area contributed by atoms with Crippen LogP contribution in [0.25, 0.3) is 11.1 Å². The highest BCUT2D eigenvalue weighted by Gasteiger charge is 2.36. The normalized spacial score (nSPS) is 18.2. The number of nitrogens with zero attached hydrogens (tertiary/aromatic N) is 4. The lowest BCUT2D eigenvalue weighted by Gasteiger charge is -2.25. The quantitative estimate of drug-likeness (QED) is 0.777. The van der Waals surface area contributed by atoms with Gasteiger partial charge in [-0.15, -0.1) is 0 Å². The topological polar surface area (TPSA) is 66.4 Å². The lowest BCUT2D eigenvalue weighted by molar-refractivity contribution is 0.391. The molecule has 0 amide bonds. The van der Waals surface area contributed by atoms with Crippen LogP contribution in [0.3, 0.4) is 0 Å². The van der Waals surface area contributed by atoms with Gasteiger partial charge in [-0.1, -0.05) is 23.7 Å². The summed E-state index contributed by atoms with van der Waals surface area (Å²) in [6.45, 7) is 2.20. The third-order valence-corrected chi connectivity index (χ3v) is 6.70. The molecule has 0 radical (unpaired) electrons. The smallest absolute Gasteiger partial charge is 0.225 e. The fourth-order valence-corrected chi connectivity index (χ4v) is 4.77. The van der Waals surface area contributed by atoms with E-state index in [1.54, 1.807) is 17.4 Å². The first-order chi connectivity index (χ1) is 12.3. The van der Waals surface area contributed by atoms with Crippen LogP contribution in [-0.4, -0.2) is 49.1 Å². The van der Waals surface area contributed by atoms with E-state index in [0.717, 1.165) is 29.7 Å². The summed E-state index contributed by atoms with van der Waals surface area (Å²) in [6.07, 6.45) is 3.33. The van der Waals surface area contributed by atoms with E-state index in [2.05, 4.69) is 4.98 Å². The minimum atomic E-state index is -3.30. The summed E-state index contributed by atoms with van der Waals surface area (Å²) in [4.78, 5) is 11.0. The van der Waals surface area contributed by atoms with Gasteiger partial charge in [-0.3, -0.25) is 0 Å². The molecule has 0 spiro atoms. The molecule has 2 heterocycles. The maximum absolute atomic E-state index is 12.6. The van der Waals surface area contributed by atoms with Crippen molar-refractivity contribution in [2.45, 2.75) is 25.8 Å². The van der Waals surface area contributed by atoms with Crippen LogP contribution >= 0.6 is 11.6 Å². The van der Waals surface area contributed by atoms with Gasteiger partial charge in [-0.25, -0.2) is 18.4 Å². The van der Waals surface area contributed by atoms with Crippen LogP contribution < -0.4 is 4.90 Å². The Labute approximate surface area is 159 Å². The van der Waals surface area contributed by atoms with Gasteiger partial charge < -0.3 is 4.90 Å². The zero-order chi connectivity index (χ0) is 18.9. The monoisotopic (exact) mass is 394 g/mol. The molecule has 8 heteroatoms. The van der Waals surface area contributed by atoms with Gasteiger partial charge in [-0.05, 0) is 37.5 Å². The zero-order valence-corrected chi connectivity index (χ0v) is 16.8. The van der Waals surface area contributed by atoms with E-state index in [1.807, 2.05) is 43.3 Å². The van der Waals surface area contributed by atoms with Crippen LogP contribution in [0.4, 0.5) is 5.95 Å². The Hall–Kier alpha value is -1.70. The van der Waals surface area contributed by atoms with Crippen LogP contribution in [0.2, 0.25) is 5.02 Å². The standard InChI is InChI=1S/C18H23ClN4O2S/c1-4-26(24,25)23-10-6-9-16(23)17-15(12-20-18(21-17)22(2)3)13-7-5-8-14(19)11-13/h5,7-8,11-12,16H,4,6,9-10H2,1-3H3/t16-/m1/s1. The number of anilines is 1. The first-order valence-electron chi connectivity index (χ1n) is 8.63. The lowest BCUT2D eigenvalue weighted by atomic mass is 10.0. The number of sulfonamides is 1. The van der Waals surface area contributed by atoms with Crippen molar-refractivity contribution in [2.24, 2.45) is 0 Å². The Kier molecular flexibility index (Phi) is 5.50. The van der Waals surface area contributed by atoms with Gasteiger partial charge in [-0.2, -0.15) is 4.31 Å². The highest BCUT2D eigenvalue weighted by Crippen LogP contribution is 2.39. The Bertz CT molecular complexity index is 902. The van der Waals surface area contributed by atoms with Crippen LogP contribution in [0, 0.1) is 0 Å². The van der Waals surface area contributed by atoms with E-state index < -0.39 is 10.0 Å². The van der Waals surface area contributed by atoms with Crippen molar-refractivity contribution in [3.8, 4) is 11.1 Å². The highest BCUT2D eigenvalue weighted by molar-refractivity contribution is 7.89. The second-order valence-corrected chi connectivity index (χ2v) is 9.19. The summed E-state index contributed by atoms with van der Waals surface area (Å²) < 4.78 is 26.7. The summed E-state index contributed by atoms with van der Waals surface area (Å²) >= 11 is 6.16. The van der Waals surface area contributed by atoms with Gasteiger partial charge in [0.25, 0.3) is 0 Å². The summed E-state index contributed by atoms with van der Waals surface area (Å²) in [5, 5.41) is 0.620. The fourth-order valence-electron chi connectivity index (χ4n) is 3.25. The third-order valence-electron chi connectivity index (χ3n) is 4.58. The minimum absolute atomic E-state index is 0.0849. The van der Waals surface area contributed by atoms with E-state index in [-0.39, 0.29) is 11.8 Å². The SMILES string of the molecule is CCS(=O)(=O)N1CCC[C@@H]1c1nc(N(C)C)ncc1-c1cccc(Cl)c1. The van der Waals surface area contributed by atoms with Crippen molar-refractivity contribution in [3.63, 3.8) is 0 Å². The van der Waals surface area contributed by atoms with Gasteiger partial charge in [0.05, 0.1) is 17.5 Å². The molecular formula is C18H23ClN4O2S. The van der Waals surface area contributed by atoms with Crippen molar-refractivity contribution in [1.82, 2.24) is 14.3 Å². The summed E-state index contributed by atoms with van der Waals surface area (Å²) in [7, 11) is 0.435. The predicted octanol–water partition coefficient (Wildman–Crippen LogP) is 3.35. The number of hydrogen-bond donors (Lipinski definition) is 0. The van der Waals surface area contributed by atoms with Gasteiger partial charge in [0.2, 0.25) is 16.0 Å². The maximum atomic E-state index is 12.6. The highest BCUT2D eigenvalue weighted by atomic mass is 35.5. The fraction of sp³-hybridized carbons (Fsp3) is 0.444. The van der Waals surface area contributed by atoms with Gasteiger partial charge in [0.15, 0.2) is 0 Å². The molecule has 0 bridgehead atoms. The Balaban J connectivity index is 2.16. The molecule has 0 N–H and O–H groups in total. The molecule has 3 rings (SSSR count). The number of hydrogen-bond acceptors (Lipinski definition) is 5.